The Labute approximate surface area is 255 Å². The highest BCUT2D eigenvalue weighted by Gasteiger charge is 2.27. The maximum atomic E-state index is 13.8. The molecule has 8 nitrogen and oxygen atoms in total. The maximum Gasteiger partial charge on any atom is 0.322 e. The summed E-state index contributed by atoms with van der Waals surface area (Å²) in [5.41, 5.74) is 1.43. The molecule has 0 aliphatic carbocycles. The molecular weight excluding hydrogens is 585 g/mol. The van der Waals surface area contributed by atoms with E-state index in [0.29, 0.717) is 59.9 Å². The molecule has 11 heteroatoms. The van der Waals surface area contributed by atoms with Gasteiger partial charge in [0.2, 0.25) is 5.91 Å². The molecule has 1 aliphatic rings. The molecule has 1 aromatic heterocycles. The van der Waals surface area contributed by atoms with Gasteiger partial charge in [0, 0.05) is 34.5 Å². The zero-order valence-electron chi connectivity index (χ0n) is 23.5. The van der Waals surface area contributed by atoms with E-state index in [4.69, 9.17) is 37.4 Å². The fraction of sp³-hybridized carbons (Fsp3) is 0.400. The number of thiophene rings is 1. The molecular formula is C30H35Cl2N3O5S. The molecule has 2 heterocycles. The topological polar surface area (TPSA) is 80.3 Å². The molecule has 0 bridgehead atoms. The Morgan fingerprint density at radius 3 is 2.51 bits per heavy atom. The third-order valence-corrected chi connectivity index (χ3v) is 8.38. The minimum Gasteiger partial charge on any atom is -0.493 e. The Kier molecular flexibility index (Phi) is 11.2. The van der Waals surface area contributed by atoms with Crippen molar-refractivity contribution < 1.29 is 23.8 Å². The zero-order chi connectivity index (χ0) is 29.4. The normalized spacial score (nSPS) is 14.5. The molecule has 4 rings (SSSR count). The molecule has 41 heavy (non-hydrogen) atoms. The van der Waals surface area contributed by atoms with Crippen molar-refractivity contribution >= 4 is 52.2 Å². The number of ether oxygens (including phenoxy) is 3. The van der Waals surface area contributed by atoms with Crippen LogP contribution in [0.15, 0.2) is 48.5 Å². The molecule has 0 spiro atoms. The number of hydrogen-bond acceptors (Lipinski definition) is 6. The quantitative estimate of drug-likeness (QED) is 0.245. The summed E-state index contributed by atoms with van der Waals surface area (Å²) in [5.74, 6) is 1.12. The number of carbonyl (C=O) groups excluding carboxylic acids is 2. The van der Waals surface area contributed by atoms with E-state index in [-0.39, 0.29) is 18.6 Å². The first-order valence-electron chi connectivity index (χ1n) is 13.4. The number of amides is 3. The van der Waals surface area contributed by atoms with Gasteiger partial charge in [0.25, 0.3) is 0 Å². The van der Waals surface area contributed by atoms with Gasteiger partial charge < -0.3 is 29.3 Å². The number of methoxy groups -OCH3 is 2. The number of hydrogen-bond donors (Lipinski definition) is 1. The number of urea groups is 1. The van der Waals surface area contributed by atoms with Crippen molar-refractivity contribution in [3.05, 3.63) is 73.9 Å². The van der Waals surface area contributed by atoms with Crippen LogP contribution in [0.3, 0.4) is 0 Å². The molecule has 1 saturated heterocycles. The van der Waals surface area contributed by atoms with Gasteiger partial charge in [-0.3, -0.25) is 4.79 Å². The maximum absolute atomic E-state index is 13.8. The van der Waals surface area contributed by atoms with Crippen molar-refractivity contribution in [2.24, 2.45) is 0 Å². The van der Waals surface area contributed by atoms with Crippen molar-refractivity contribution in [1.82, 2.24) is 9.80 Å². The average Bonchev–Trinajstić information content (AvgIpc) is 3.63. The molecule has 220 valence electrons. The molecule has 1 fully saturated rings. The summed E-state index contributed by atoms with van der Waals surface area (Å²) in [4.78, 5) is 32.8. The molecule has 1 unspecified atom stereocenters. The lowest BCUT2D eigenvalue weighted by Gasteiger charge is -2.29. The van der Waals surface area contributed by atoms with Crippen LogP contribution in [0.5, 0.6) is 11.5 Å². The van der Waals surface area contributed by atoms with Crippen molar-refractivity contribution in [1.29, 1.82) is 0 Å². The molecule has 1 atom stereocenters. The molecule has 0 radical (unpaired) electrons. The van der Waals surface area contributed by atoms with Crippen LogP contribution < -0.4 is 14.8 Å². The molecule has 3 aromatic rings. The van der Waals surface area contributed by atoms with Gasteiger partial charge in [-0.05, 0) is 74.2 Å². The standard InChI is InChI=1S/C30H35Cl2N3O5S/c1-20-6-9-24(41-20)18-34(13-12-21-7-11-27(38-2)28(15-21)39-3)29(36)19-35(17-23-5-4-14-40-23)30(37)33-26-10-8-22(31)16-25(26)32/h6-11,15-16,23H,4-5,12-14,17-19H2,1-3H3,(H,33,37). The second kappa shape index (κ2) is 14.8. The Balaban J connectivity index is 1.52. The van der Waals surface area contributed by atoms with Crippen LogP contribution in [0.2, 0.25) is 10.0 Å². The van der Waals surface area contributed by atoms with Crippen molar-refractivity contribution in [2.45, 2.75) is 38.8 Å². The lowest BCUT2D eigenvalue weighted by molar-refractivity contribution is -0.132. The predicted molar refractivity (Wildman–Crippen MR) is 164 cm³/mol. The number of rotatable bonds is 12. The average molecular weight is 621 g/mol. The first-order chi connectivity index (χ1) is 19.7. The SMILES string of the molecule is COc1ccc(CCN(Cc2ccc(C)s2)C(=O)CN(CC2CCCO2)C(=O)Nc2ccc(Cl)cc2Cl)cc1OC. The van der Waals surface area contributed by atoms with E-state index < -0.39 is 6.03 Å². The fourth-order valence-electron chi connectivity index (χ4n) is 4.65. The van der Waals surface area contributed by atoms with E-state index in [1.807, 2.05) is 37.3 Å². The van der Waals surface area contributed by atoms with Crippen molar-refractivity contribution in [3.63, 3.8) is 0 Å². The zero-order valence-corrected chi connectivity index (χ0v) is 25.8. The first-order valence-corrected chi connectivity index (χ1v) is 15.0. The summed E-state index contributed by atoms with van der Waals surface area (Å²) in [6.45, 7) is 3.79. The van der Waals surface area contributed by atoms with Crippen LogP contribution in [0.1, 0.15) is 28.2 Å². The number of benzene rings is 2. The summed E-state index contributed by atoms with van der Waals surface area (Å²) >= 11 is 14.0. The lowest BCUT2D eigenvalue weighted by atomic mass is 10.1. The Morgan fingerprint density at radius 1 is 1.05 bits per heavy atom. The monoisotopic (exact) mass is 619 g/mol. The lowest BCUT2D eigenvalue weighted by Crippen LogP contribution is -2.47. The largest absolute Gasteiger partial charge is 0.493 e. The highest BCUT2D eigenvalue weighted by molar-refractivity contribution is 7.11. The van der Waals surface area contributed by atoms with Gasteiger partial charge in [0.05, 0.1) is 37.6 Å². The molecule has 2 aromatic carbocycles. The van der Waals surface area contributed by atoms with Gasteiger partial charge in [0.15, 0.2) is 11.5 Å². The predicted octanol–water partition coefficient (Wildman–Crippen LogP) is 6.66. The summed E-state index contributed by atoms with van der Waals surface area (Å²) in [7, 11) is 3.20. The second-order valence-corrected chi connectivity index (χ2v) is 12.1. The Bertz CT molecular complexity index is 1350. The Morgan fingerprint density at radius 2 is 1.85 bits per heavy atom. The van der Waals surface area contributed by atoms with E-state index in [0.717, 1.165) is 23.3 Å². The van der Waals surface area contributed by atoms with E-state index in [9.17, 15) is 9.59 Å². The second-order valence-electron chi connectivity index (χ2n) is 9.84. The van der Waals surface area contributed by atoms with Gasteiger partial charge >= 0.3 is 6.03 Å². The fourth-order valence-corrected chi connectivity index (χ4v) is 6.01. The van der Waals surface area contributed by atoms with E-state index >= 15 is 0 Å². The van der Waals surface area contributed by atoms with E-state index in [1.165, 1.54) is 9.78 Å². The van der Waals surface area contributed by atoms with Gasteiger partial charge in [-0.2, -0.15) is 0 Å². The summed E-state index contributed by atoms with van der Waals surface area (Å²) in [6.07, 6.45) is 2.23. The Hall–Kier alpha value is -2.98. The summed E-state index contributed by atoms with van der Waals surface area (Å²) in [5, 5.41) is 3.62. The van der Waals surface area contributed by atoms with Gasteiger partial charge in [-0.15, -0.1) is 11.3 Å². The summed E-state index contributed by atoms with van der Waals surface area (Å²) < 4.78 is 16.6. The first kappa shape index (κ1) is 31.0. The highest BCUT2D eigenvalue weighted by atomic mass is 35.5. The van der Waals surface area contributed by atoms with E-state index in [2.05, 4.69) is 5.32 Å². The molecule has 1 N–H and O–H groups in total. The smallest absolute Gasteiger partial charge is 0.322 e. The highest BCUT2D eigenvalue weighted by Crippen LogP contribution is 2.28. The number of anilines is 1. The number of aryl methyl sites for hydroxylation is 1. The minimum atomic E-state index is -0.426. The number of carbonyl (C=O) groups is 2. The van der Waals surface area contributed by atoms with Crippen LogP contribution in [-0.4, -0.2) is 68.3 Å². The summed E-state index contributed by atoms with van der Waals surface area (Å²) in [6, 6.07) is 14.3. The third-order valence-electron chi connectivity index (χ3n) is 6.85. The molecule has 0 saturated carbocycles. The van der Waals surface area contributed by atoms with Crippen LogP contribution in [-0.2, 0) is 22.5 Å². The molecule has 3 amide bonds. The minimum absolute atomic E-state index is 0.104. The van der Waals surface area contributed by atoms with Crippen LogP contribution >= 0.6 is 34.5 Å². The van der Waals surface area contributed by atoms with Crippen LogP contribution in [0.25, 0.3) is 0 Å². The number of nitrogens with zero attached hydrogens (tertiary/aromatic N) is 2. The van der Waals surface area contributed by atoms with E-state index in [1.54, 1.807) is 48.7 Å². The molecule has 1 aliphatic heterocycles. The van der Waals surface area contributed by atoms with Crippen molar-refractivity contribution in [3.8, 4) is 11.5 Å². The van der Waals surface area contributed by atoms with Gasteiger partial charge in [-0.1, -0.05) is 29.3 Å². The third kappa shape index (κ3) is 8.75. The van der Waals surface area contributed by atoms with Gasteiger partial charge in [-0.25, -0.2) is 4.79 Å². The van der Waals surface area contributed by atoms with Crippen LogP contribution in [0.4, 0.5) is 10.5 Å². The van der Waals surface area contributed by atoms with Crippen LogP contribution in [0, 0.1) is 6.92 Å². The number of nitrogens with one attached hydrogen (secondary N) is 1. The van der Waals surface area contributed by atoms with Crippen molar-refractivity contribution in [2.75, 3.05) is 45.8 Å². The van der Waals surface area contributed by atoms with Gasteiger partial charge in [0.1, 0.15) is 6.54 Å². The number of halogens is 2.